The van der Waals surface area contributed by atoms with Crippen molar-refractivity contribution in [2.45, 2.75) is 32.6 Å². The second-order valence-electron chi connectivity index (χ2n) is 5.00. The molecule has 0 atom stereocenters. The van der Waals surface area contributed by atoms with Gasteiger partial charge in [-0.25, -0.2) is 9.97 Å². The molecule has 0 aromatic carbocycles. The predicted molar refractivity (Wildman–Crippen MR) is 75.1 cm³/mol. The maximum Gasteiger partial charge on any atom is 0.239 e. The second-order valence-corrected chi connectivity index (χ2v) is 5.00. The maximum absolute atomic E-state index is 11.6. The summed E-state index contributed by atoms with van der Waals surface area (Å²) in [5.41, 5.74) is 6.77. The Bertz CT molecular complexity index is 484. The first-order valence-corrected chi connectivity index (χ1v) is 6.64. The van der Waals surface area contributed by atoms with Gasteiger partial charge in [-0.1, -0.05) is 0 Å². The van der Waals surface area contributed by atoms with E-state index in [0.717, 1.165) is 30.0 Å². The van der Waals surface area contributed by atoms with Crippen molar-refractivity contribution in [2.24, 2.45) is 0 Å². The molecule has 0 unspecified atom stereocenters. The lowest BCUT2D eigenvalue weighted by atomic mass is 10.2. The molecule has 0 aliphatic heterocycles. The van der Waals surface area contributed by atoms with Crippen LogP contribution in [0.15, 0.2) is 0 Å². The fourth-order valence-corrected chi connectivity index (χ4v) is 1.98. The summed E-state index contributed by atoms with van der Waals surface area (Å²) in [5, 5.41) is 2.77. The van der Waals surface area contributed by atoms with Crippen molar-refractivity contribution in [3.05, 3.63) is 11.4 Å². The number of amides is 1. The summed E-state index contributed by atoms with van der Waals surface area (Å²) in [6, 6.07) is 0. The first-order chi connectivity index (χ1) is 9.02. The number of hydrogen-bond acceptors (Lipinski definition) is 5. The third-order valence-electron chi connectivity index (χ3n) is 3.23. The van der Waals surface area contributed by atoms with E-state index in [-0.39, 0.29) is 12.5 Å². The van der Waals surface area contributed by atoms with Gasteiger partial charge in [-0.05, 0) is 26.7 Å². The fourth-order valence-electron chi connectivity index (χ4n) is 1.98. The normalized spacial score (nSPS) is 14.3. The lowest BCUT2D eigenvalue weighted by Gasteiger charge is -2.20. The van der Waals surface area contributed by atoms with E-state index >= 15 is 0 Å². The lowest BCUT2D eigenvalue weighted by Crippen LogP contribution is -2.35. The smallest absolute Gasteiger partial charge is 0.239 e. The average molecular weight is 263 g/mol. The van der Waals surface area contributed by atoms with Gasteiger partial charge in [0.25, 0.3) is 0 Å². The molecule has 1 aliphatic carbocycles. The van der Waals surface area contributed by atoms with Gasteiger partial charge in [0.2, 0.25) is 5.91 Å². The quantitative estimate of drug-likeness (QED) is 0.821. The van der Waals surface area contributed by atoms with Crippen molar-refractivity contribution < 1.29 is 4.79 Å². The lowest BCUT2D eigenvalue weighted by molar-refractivity contribution is -0.119. The number of nitrogens with zero attached hydrogens (tertiary/aromatic N) is 3. The third-order valence-corrected chi connectivity index (χ3v) is 3.23. The van der Waals surface area contributed by atoms with Gasteiger partial charge in [-0.15, -0.1) is 0 Å². The number of carbonyl (C=O) groups excluding carboxylic acids is 1. The van der Waals surface area contributed by atoms with Crippen LogP contribution >= 0.6 is 0 Å². The van der Waals surface area contributed by atoms with E-state index in [9.17, 15) is 4.79 Å². The molecule has 0 saturated heterocycles. The number of nitrogens with two attached hydrogens (primary N) is 1. The molecule has 6 heteroatoms. The molecular weight excluding hydrogens is 242 g/mol. The Morgan fingerprint density at radius 3 is 2.74 bits per heavy atom. The molecule has 1 heterocycles. The Morgan fingerprint density at radius 2 is 2.16 bits per heavy atom. The molecule has 1 amide bonds. The highest BCUT2D eigenvalue weighted by atomic mass is 16.2. The Kier molecular flexibility index (Phi) is 3.87. The average Bonchev–Trinajstić information content (AvgIpc) is 3.16. The van der Waals surface area contributed by atoms with Crippen LogP contribution in [-0.2, 0) is 4.79 Å². The molecule has 6 nitrogen and oxygen atoms in total. The van der Waals surface area contributed by atoms with Gasteiger partial charge in [0.15, 0.2) is 0 Å². The van der Waals surface area contributed by atoms with E-state index in [1.165, 1.54) is 0 Å². The van der Waals surface area contributed by atoms with Crippen LogP contribution in [0.2, 0.25) is 0 Å². The van der Waals surface area contributed by atoms with E-state index in [1.807, 2.05) is 25.8 Å². The molecule has 1 aromatic rings. The zero-order chi connectivity index (χ0) is 14.0. The Morgan fingerprint density at radius 1 is 1.47 bits per heavy atom. The molecule has 104 valence electrons. The Hall–Kier alpha value is -1.85. The molecule has 0 spiro atoms. The van der Waals surface area contributed by atoms with Gasteiger partial charge in [0.05, 0.1) is 6.54 Å². The fraction of sp³-hybridized carbons (Fsp3) is 0.615. The molecule has 1 aliphatic rings. The van der Waals surface area contributed by atoms with Crippen molar-refractivity contribution >= 4 is 17.5 Å². The largest absolute Gasteiger partial charge is 0.383 e. The van der Waals surface area contributed by atoms with Crippen LogP contribution in [-0.4, -0.2) is 36.0 Å². The first kappa shape index (κ1) is 13.6. The SMILES string of the molecule is CCNC(=O)CN(C)c1nc(C2CC2)nc(N)c1C. The van der Waals surface area contributed by atoms with Crippen LogP contribution < -0.4 is 16.0 Å². The van der Waals surface area contributed by atoms with E-state index in [4.69, 9.17) is 5.73 Å². The molecular formula is C13H21N5O. The predicted octanol–water partition coefficient (Wildman–Crippen LogP) is 0.817. The Labute approximate surface area is 113 Å². The number of anilines is 2. The second kappa shape index (κ2) is 5.42. The van der Waals surface area contributed by atoms with Crippen LogP contribution in [0.3, 0.4) is 0 Å². The van der Waals surface area contributed by atoms with Gasteiger partial charge >= 0.3 is 0 Å². The molecule has 2 rings (SSSR count). The molecule has 3 N–H and O–H groups in total. The third kappa shape index (κ3) is 3.13. The first-order valence-electron chi connectivity index (χ1n) is 6.64. The van der Waals surface area contributed by atoms with E-state index < -0.39 is 0 Å². The Balaban J connectivity index is 2.19. The van der Waals surface area contributed by atoms with Gasteiger partial charge in [0.1, 0.15) is 17.5 Å². The van der Waals surface area contributed by atoms with Crippen LogP contribution in [0.5, 0.6) is 0 Å². The number of rotatable bonds is 5. The molecule has 1 aromatic heterocycles. The van der Waals surface area contributed by atoms with Crippen molar-refractivity contribution in [1.82, 2.24) is 15.3 Å². The van der Waals surface area contributed by atoms with Crippen molar-refractivity contribution in [3.63, 3.8) is 0 Å². The molecule has 1 saturated carbocycles. The summed E-state index contributed by atoms with van der Waals surface area (Å²) < 4.78 is 0. The highest BCUT2D eigenvalue weighted by Crippen LogP contribution is 2.39. The zero-order valence-corrected chi connectivity index (χ0v) is 11.7. The topological polar surface area (TPSA) is 84.1 Å². The standard InChI is InChI=1S/C13H21N5O/c1-4-15-10(19)7-18(3)13-8(2)11(14)16-12(17-13)9-5-6-9/h9H,4-7H2,1-3H3,(H,15,19)(H2,14,16,17). The monoisotopic (exact) mass is 263 g/mol. The number of likely N-dealkylation sites (N-methyl/N-ethyl adjacent to an activating group) is 2. The summed E-state index contributed by atoms with van der Waals surface area (Å²) in [6.07, 6.45) is 2.25. The summed E-state index contributed by atoms with van der Waals surface area (Å²) in [6.45, 7) is 4.69. The van der Waals surface area contributed by atoms with Gasteiger partial charge in [-0.3, -0.25) is 4.79 Å². The van der Waals surface area contributed by atoms with Crippen molar-refractivity contribution in [1.29, 1.82) is 0 Å². The number of carbonyl (C=O) groups is 1. The van der Waals surface area contributed by atoms with Crippen molar-refractivity contribution in [2.75, 3.05) is 30.8 Å². The van der Waals surface area contributed by atoms with Crippen LogP contribution in [0.1, 0.15) is 37.1 Å². The summed E-state index contributed by atoms with van der Waals surface area (Å²) >= 11 is 0. The van der Waals surface area contributed by atoms with E-state index in [0.29, 0.717) is 18.3 Å². The zero-order valence-electron chi connectivity index (χ0n) is 11.7. The van der Waals surface area contributed by atoms with Gasteiger partial charge in [0, 0.05) is 25.1 Å². The summed E-state index contributed by atoms with van der Waals surface area (Å²) in [4.78, 5) is 22.3. The van der Waals surface area contributed by atoms with Crippen LogP contribution in [0, 0.1) is 6.92 Å². The number of aromatic nitrogens is 2. The van der Waals surface area contributed by atoms with Crippen LogP contribution in [0.4, 0.5) is 11.6 Å². The minimum atomic E-state index is -0.0189. The van der Waals surface area contributed by atoms with Gasteiger partial charge < -0.3 is 16.0 Å². The highest BCUT2D eigenvalue weighted by Gasteiger charge is 2.28. The molecule has 1 fully saturated rings. The minimum absolute atomic E-state index is 0.0189. The van der Waals surface area contributed by atoms with E-state index in [2.05, 4.69) is 15.3 Å². The van der Waals surface area contributed by atoms with Gasteiger partial charge in [-0.2, -0.15) is 0 Å². The van der Waals surface area contributed by atoms with Crippen LogP contribution in [0.25, 0.3) is 0 Å². The number of nitrogen functional groups attached to an aromatic ring is 1. The van der Waals surface area contributed by atoms with E-state index in [1.54, 1.807) is 0 Å². The number of hydrogen-bond donors (Lipinski definition) is 2. The summed E-state index contributed by atoms with van der Waals surface area (Å²) in [7, 11) is 1.85. The van der Waals surface area contributed by atoms with Crippen molar-refractivity contribution in [3.8, 4) is 0 Å². The summed E-state index contributed by atoms with van der Waals surface area (Å²) in [5.74, 6) is 2.49. The number of nitrogens with one attached hydrogen (secondary N) is 1. The highest BCUT2D eigenvalue weighted by molar-refractivity contribution is 5.81. The minimum Gasteiger partial charge on any atom is -0.383 e. The molecule has 0 radical (unpaired) electrons. The molecule has 19 heavy (non-hydrogen) atoms. The molecule has 0 bridgehead atoms. The maximum atomic E-state index is 11.6.